The van der Waals surface area contributed by atoms with Gasteiger partial charge in [-0.15, -0.1) is 0 Å². The predicted octanol–water partition coefficient (Wildman–Crippen LogP) is 5.49. The van der Waals surface area contributed by atoms with Gasteiger partial charge in [0.15, 0.2) is 0 Å². The summed E-state index contributed by atoms with van der Waals surface area (Å²) in [5.74, 6) is -4.42. The maximum Gasteiger partial charge on any atom is 0.338 e. The second-order valence-electron chi connectivity index (χ2n) is 7.92. The Labute approximate surface area is 206 Å². The van der Waals surface area contributed by atoms with E-state index in [2.05, 4.69) is 5.32 Å². The monoisotopic (exact) mass is 457 g/mol. The zero-order valence-corrected chi connectivity index (χ0v) is 18.9. The van der Waals surface area contributed by atoms with E-state index < -0.39 is 30.8 Å². The average molecular weight is 458 g/mol. The number of rotatable bonds is 7. The first kappa shape index (κ1) is 17.5. The molecule has 5 heteroatoms. The fourth-order valence-corrected chi connectivity index (χ4v) is 3.65. The van der Waals surface area contributed by atoms with Gasteiger partial charge in [0.05, 0.1) is 14.2 Å². The molecule has 0 aliphatic rings. The van der Waals surface area contributed by atoms with Crippen molar-refractivity contribution in [3.05, 3.63) is 113 Å². The summed E-state index contributed by atoms with van der Waals surface area (Å²) >= 11 is 0. The Morgan fingerprint density at radius 3 is 2.41 bits per heavy atom. The number of carbonyl (C=O) groups is 2. The maximum atomic E-state index is 13.3. The lowest BCUT2D eigenvalue weighted by molar-refractivity contribution is -0.117. The van der Waals surface area contributed by atoms with Crippen molar-refractivity contribution in [2.75, 3.05) is 11.8 Å². The van der Waals surface area contributed by atoms with Crippen molar-refractivity contribution in [2.45, 2.75) is 26.3 Å². The molecule has 0 heterocycles. The Kier molecular flexibility index (Phi) is 5.31. The minimum Gasteiger partial charge on any atom is -0.457 e. The van der Waals surface area contributed by atoms with Crippen molar-refractivity contribution in [3.8, 4) is 0 Å². The van der Waals surface area contributed by atoms with Gasteiger partial charge < -0.3 is 15.8 Å². The molecule has 4 rings (SSSR count). The number of nitrogens with two attached hydrogens (primary N) is 1. The van der Waals surface area contributed by atoms with Crippen LogP contribution in [0, 0.1) is 13.8 Å². The van der Waals surface area contributed by atoms with Gasteiger partial charge >= 0.3 is 5.97 Å². The van der Waals surface area contributed by atoms with Crippen LogP contribution in [-0.2, 0) is 16.1 Å². The molecule has 34 heavy (non-hydrogen) atoms. The summed E-state index contributed by atoms with van der Waals surface area (Å²) in [6, 6.07) is 22.7. The number of fused-ring (bicyclic) bond motifs is 1. The molecule has 1 amide bonds. The molecule has 0 aromatic heterocycles. The molecule has 1 atom stereocenters. The molecule has 4 aromatic rings. The number of aryl methyl sites for hydroxylation is 2. The van der Waals surface area contributed by atoms with E-state index in [0.29, 0.717) is 11.3 Å². The molecule has 5 nitrogen and oxygen atoms in total. The topological polar surface area (TPSA) is 81.4 Å². The molecule has 0 spiro atoms. The van der Waals surface area contributed by atoms with Crippen molar-refractivity contribution >= 4 is 28.3 Å². The third-order valence-corrected chi connectivity index (χ3v) is 5.42. The quantitative estimate of drug-likeness (QED) is 0.359. The Morgan fingerprint density at radius 2 is 1.71 bits per heavy atom. The normalized spacial score (nSPS) is 15.7. The van der Waals surface area contributed by atoms with Crippen molar-refractivity contribution in [1.82, 2.24) is 0 Å². The molecular weight excluding hydrogens is 424 g/mol. The van der Waals surface area contributed by atoms with Crippen molar-refractivity contribution in [3.63, 3.8) is 0 Å². The highest BCUT2D eigenvalue weighted by Gasteiger charge is 2.19. The van der Waals surface area contributed by atoms with E-state index in [4.69, 9.17) is 17.3 Å². The molecule has 0 aliphatic carbocycles. The Morgan fingerprint density at radius 1 is 0.971 bits per heavy atom. The number of nitrogens with one attached hydrogen (secondary N) is 1. The molecule has 0 radical (unpaired) electrons. The summed E-state index contributed by atoms with van der Waals surface area (Å²) in [4.78, 5) is 26.0. The van der Waals surface area contributed by atoms with E-state index in [9.17, 15) is 9.59 Å². The van der Waals surface area contributed by atoms with Gasteiger partial charge in [-0.05, 0) is 59.5 Å². The summed E-state index contributed by atoms with van der Waals surface area (Å²) in [5.41, 5.74) is 7.74. The number of ether oxygens (including phenoxy) is 1. The summed E-state index contributed by atoms with van der Waals surface area (Å²) in [5, 5.41) is 4.39. The van der Waals surface area contributed by atoms with Gasteiger partial charge in [0.1, 0.15) is 6.56 Å². The lowest BCUT2D eigenvalue weighted by atomic mass is 9.97. The van der Waals surface area contributed by atoms with Crippen LogP contribution in [-0.4, -0.2) is 18.4 Å². The zero-order chi connectivity index (χ0) is 28.6. The summed E-state index contributed by atoms with van der Waals surface area (Å²) in [6.45, 7) is -1.73. The lowest BCUT2D eigenvalue weighted by Gasteiger charge is -2.16. The van der Waals surface area contributed by atoms with Gasteiger partial charge in [0.25, 0.3) is 0 Å². The van der Waals surface area contributed by atoms with Crippen LogP contribution in [0.2, 0.25) is 0 Å². The molecule has 0 bridgehead atoms. The largest absolute Gasteiger partial charge is 0.457 e. The van der Waals surface area contributed by atoms with Gasteiger partial charge in [-0.2, -0.15) is 0 Å². The SMILES string of the molecule is [2H]C([2H])(OC(=O)c1ccc(C)cc1C)c1ccc([C@@]([2H])(C(=O)Nc2ccc3ccccc3c2)C([2H])([2H])N)cc1. The van der Waals surface area contributed by atoms with E-state index in [1.807, 2.05) is 31.2 Å². The molecule has 0 unspecified atom stereocenters. The summed E-state index contributed by atoms with van der Waals surface area (Å²) in [7, 11) is 0. The van der Waals surface area contributed by atoms with Gasteiger partial charge in [-0.3, -0.25) is 4.79 Å². The standard InChI is InChI=1S/C29H28N2O3/c1-19-7-14-26(20(2)15-19)29(33)34-18-21-8-10-23(11-9-21)27(17-30)28(32)31-25-13-12-22-5-3-4-6-24(22)16-25/h3-16,27H,17-18,30H2,1-2H3,(H,31,32)/t27-/m0/s1/i17D2,18D2,27D. The van der Waals surface area contributed by atoms with Gasteiger partial charge in [0, 0.05) is 16.3 Å². The van der Waals surface area contributed by atoms with Crippen LogP contribution in [0.3, 0.4) is 0 Å². The minimum absolute atomic E-state index is 0.0563. The van der Waals surface area contributed by atoms with Gasteiger partial charge in [0.2, 0.25) is 5.91 Å². The van der Waals surface area contributed by atoms with E-state index >= 15 is 0 Å². The van der Waals surface area contributed by atoms with E-state index in [0.717, 1.165) is 16.3 Å². The zero-order valence-electron chi connectivity index (χ0n) is 23.9. The van der Waals surface area contributed by atoms with Crippen molar-refractivity contribution < 1.29 is 21.2 Å². The highest BCUT2D eigenvalue weighted by Crippen LogP contribution is 2.22. The Bertz CT molecular complexity index is 1550. The molecule has 172 valence electrons. The molecule has 0 fully saturated rings. The van der Waals surface area contributed by atoms with Crippen LogP contribution in [0.4, 0.5) is 5.69 Å². The number of esters is 1. The first-order chi connectivity index (χ1) is 18.2. The van der Waals surface area contributed by atoms with Crippen LogP contribution in [0.15, 0.2) is 84.9 Å². The van der Waals surface area contributed by atoms with E-state index in [1.54, 1.807) is 43.3 Å². The first-order valence-corrected chi connectivity index (χ1v) is 10.7. The molecule has 0 saturated carbocycles. The number of anilines is 1. The molecule has 3 N–H and O–H groups in total. The first-order valence-electron chi connectivity index (χ1n) is 13.2. The fraction of sp³-hybridized carbons (Fsp3) is 0.172. The predicted molar refractivity (Wildman–Crippen MR) is 136 cm³/mol. The number of benzene rings is 4. The summed E-state index contributed by atoms with van der Waals surface area (Å²) in [6.07, 6.45) is 0. The highest BCUT2D eigenvalue weighted by molar-refractivity contribution is 5.98. The van der Waals surface area contributed by atoms with Crippen LogP contribution in [0.5, 0.6) is 0 Å². The summed E-state index contributed by atoms with van der Waals surface area (Å²) < 4.78 is 46.8. The van der Waals surface area contributed by atoms with E-state index in [-0.39, 0.29) is 16.7 Å². The van der Waals surface area contributed by atoms with Crippen LogP contribution in [0.25, 0.3) is 10.8 Å². The van der Waals surface area contributed by atoms with Crippen molar-refractivity contribution in [2.24, 2.45) is 5.73 Å². The maximum absolute atomic E-state index is 13.3. The number of hydrogen-bond donors (Lipinski definition) is 2. The third-order valence-electron chi connectivity index (χ3n) is 5.42. The third kappa shape index (κ3) is 5.33. The average Bonchev–Trinajstić information content (AvgIpc) is 2.87. The molecule has 0 aliphatic heterocycles. The second-order valence-corrected chi connectivity index (χ2v) is 7.92. The number of carbonyl (C=O) groups excluding carboxylic acids is 2. The fourth-order valence-electron chi connectivity index (χ4n) is 3.65. The van der Waals surface area contributed by atoms with Crippen LogP contribution < -0.4 is 11.1 Å². The van der Waals surface area contributed by atoms with Gasteiger partial charge in [-0.1, -0.05) is 72.3 Å². The molecular formula is C29H28N2O3. The van der Waals surface area contributed by atoms with Crippen LogP contribution in [0.1, 0.15) is 45.4 Å². The van der Waals surface area contributed by atoms with E-state index in [1.165, 1.54) is 24.3 Å². The second kappa shape index (κ2) is 10.3. The Hall–Kier alpha value is -3.96. The molecule has 0 saturated heterocycles. The van der Waals surface area contributed by atoms with Crippen molar-refractivity contribution in [1.29, 1.82) is 0 Å². The number of hydrogen-bond acceptors (Lipinski definition) is 4. The smallest absolute Gasteiger partial charge is 0.338 e. The highest BCUT2D eigenvalue weighted by atomic mass is 16.5. The van der Waals surface area contributed by atoms with Crippen LogP contribution >= 0.6 is 0 Å². The number of amides is 1. The lowest BCUT2D eigenvalue weighted by Crippen LogP contribution is -2.27. The van der Waals surface area contributed by atoms with Gasteiger partial charge in [-0.25, -0.2) is 4.79 Å². The Balaban J connectivity index is 1.59. The molecule has 4 aromatic carbocycles. The minimum atomic E-state index is -2.80.